The van der Waals surface area contributed by atoms with Crippen LogP contribution in [0.4, 0.5) is 0 Å². The van der Waals surface area contributed by atoms with E-state index >= 15 is 0 Å². The second-order valence-electron chi connectivity index (χ2n) is 6.49. The van der Waals surface area contributed by atoms with Crippen LogP contribution in [-0.2, 0) is 30.5 Å². The average molecular weight is 379 g/mol. The van der Waals surface area contributed by atoms with Crippen molar-refractivity contribution in [1.29, 1.82) is 0 Å². The van der Waals surface area contributed by atoms with Gasteiger partial charge in [-0.1, -0.05) is 44.2 Å². The summed E-state index contributed by atoms with van der Waals surface area (Å²) in [5.41, 5.74) is 6.64. The lowest BCUT2D eigenvalue weighted by molar-refractivity contribution is -0.146. The van der Waals surface area contributed by atoms with Crippen molar-refractivity contribution in [2.75, 3.05) is 13.3 Å². The molecule has 0 radical (unpaired) electrons. The lowest BCUT2D eigenvalue weighted by atomic mass is 10.0. The van der Waals surface area contributed by atoms with Gasteiger partial charge in [-0.15, -0.1) is 0 Å². The van der Waals surface area contributed by atoms with Crippen LogP contribution in [-0.4, -0.2) is 43.2 Å². The van der Waals surface area contributed by atoms with E-state index in [1.165, 1.54) is 0 Å². The van der Waals surface area contributed by atoms with E-state index in [4.69, 9.17) is 15.2 Å². The predicted octanol–water partition coefficient (Wildman–Crippen LogP) is 0.698. The molecular weight excluding hydrogens is 350 g/mol. The quantitative estimate of drug-likeness (QED) is 0.296. The van der Waals surface area contributed by atoms with Crippen LogP contribution in [0, 0.1) is 5.92 Å². The third-order valence-corrected chi connectivity index (χ3v) is 3.81. The third kappa shape index (κ3) is 9.16. The van der Waals surface area contributed by atoms with Crippen molar-refractivity contribution >= 4 is 17.8 Å². The van der Waals surface area contributed by atoms with Crippen molar-refractivity contribution in [3.8, 4) is 0 Å². The monoisotopic (exact) mass is 379 g/mol. The second kappa shape index (κ2) is 12.0. The molecule has 2 atom stereocenters. The van der Waals surface area contributed by atoms with Crippen molar-refractivity contribution < 1.29 is 23.9 Å². The molecule has 0 bridgehead atoms. The van der Waals surface area contributed by atoms with Gasteiger partial charge in [0.1, 0.15) is 19.4 Å². The number of rotatable bonds is 11. The smallest absolute Gasteiger partial charge is 0.308 e. The van der Waals surface area contributed by atoms with Gasteiger partial charge in [0, 0.05) is 0 Å². The number of hydrogen-bond donors (Lipinski definition) is 3. The molecular formula is C19H29N3O5. The highest BCUT2D eigenvalue weighted by Crippen LogP contribution is 2.02. The SMILES string of the molecule is CC(C)[C@H](N)C(=O)N[C@@H](C)C(=O)NCOCCC(=O)OCc1ccccc1. The minimum absolute atomic E-state index is 0.0229. The summed E-state index contributed by atoms with van der Waals surface area (Å²) in [6.07, 6.45) is 0.0816. The van der Waals surface area contributed by atoms with Crippen LogP contribution in [0.25, 0.3) is 0 Å². The lowest BCUT2D eigenvalue weighted by Gasteiger charge is -2.19. The van der Waals surface area contributed by atoms with Gasteiger partial charge in [0.05, 0.1) is 19.1 Å². The van der Waals surface area contributed by atoms with Crippen molar-refractivity contribution in [2.45, 2.75) is 45.9 Å². The van der Waals surface area contributed by atoms with Crippen molar-refractivity contribution in [3.05, 3.63) is 35.9 Å². The van der Waals surface area contributed by atoms with Gasteiger partial charge in [0.25, 0.3) is 0 Å². The number of nitrogens with two attached hydrogens (primary N) is 1. The molecule has 0 saturated carbocycles. The molecule has 8 heteroatoms. The molecule has 0 aliphatic heterocycles. The fraction of sp³-hybridized carbons (Fsp3) is 0.526. The zero-order chi connectivity index (χ0) is 20.2. The molecule has 4 N–H and O–H groups in total. The highest BCUT2D eigenvalue weighted by Gasteiger charge is 2.21. The van der Waals surface area contributed by atoms with Crippen LogP contribution in [0.2, 0.25) is 0 Å². The summed E-state index contributed by atoms with van der Waals surface area (Å²) >= 11 is 0. The molecule has 0 aliphatic carbocycles. The van der Waals surface area contributed by atoms with Gasteiger partial charge in [-0.25, -0.2) is 0 Å². The largest absolute Gasteiger partial charge is 0.461 e. The molecule has 0 spiro atoms. The number of amides is 2. The molecule has 0 unspecified atom stereocenters. The van der Waals surface area contributed by atoms with E-state index in [2.05, 4.69) is 10.6 Å². The summed E-state index contributed by atoms with van der Waals surface area (Å²) in [5.74, 6) is -1.18. The van der Waals surface area contributed by atoms with Crippen LogP contribution < -0.4 is 16.4 Å². The van der Waals surface area contributed by atoms with E-state index in [0.29, 0.717) is 0 Å². The lowest BCUT2D eigenvalue weighted by Crippen LogP contribution is -2.51. The normalized spacial score (nSPS) is 12.9. The summed E-state index contributed by atoms with van der Waals surface area (Å²) in [5, 5.41) is 5.07. The standard InChI is InChI=1S/C19H29N3O5/c1-13(2)17(20)19(25)22-14(3)18(24)21-12-26-10-9-16(23)27-11-15-7-5-4-6-8-15/h4-8,13-14,17H,9-12,20H2,1-3H3,(H,21,24)(H,22,25)/t14-,17-/m0/s1. The Morgan fingerprint density at radius 1 is 1.07 bits per heavy atom. The fourth-order valence-electron chi connectivity index (χ4n) is 1.99. The minimum Gasteiger partial charge on any atom is -0.461 e. The Morgan fingerprint density at radius 2 is 1.74 bits per heavy atom. The molecule has 1 aromatic carbocycles. The van der Waals surface area contributed by atoms with E-state index in [1.54, 1.807) is 6.92 Å². The molecule has 0 saturated heterocycles. The first kappa shape index (κ1) is 22.6. The van der Waals surface area contributed by atoms with Crippen LogP contribution in [0.5, 0.6) is 0 Å². The molecule has 0 heterocycles. The van der Waals surface area contributed by atoms with Crippen LogP contribution >= 0.6 is 0 Å². The molecule has 2 amide bonds. The molecule has 8 nitrogen and oxygen atoms in total. The Labute approximate surface area is 159 Å². The predicted molar refractivity (Wildman–Crippen MR) is 100 cm³/mol. The van der Waals surface area contributed by atoms with E-state index < -0.39 is 18.0 Å². The summed E-state index contributed by atoms with van der Waals surface area (Å²) in [6.45, 7) is 5.48. The molecule has 150 valence electrons. The fourth-order valence-corrected chi connectivity index (χ4v) is 1.99. The first-order chi connectivity index (χ1) is 12.8. The summed E-state index contributed by atoms with van der Waals surface area (Å²) < 4.78 is 10.3. The molecule has 27 heavy (non-hydrogen) atoms. The van der Waals surface area contributed by atoms with Gasteiger partial charge in [-0.2, -0.15) is 0 Å². The summed E-state index contributed by atoms with van der Waals surface area (Å²) in [4.78, 5) is 35.3. The Bertz CT molecular complexity index is 607. The Morgan fingerprint density at radius 3 is 2.37 bits per heavy atom. The van der Waals surface area contributed by atoms with Gasteiger partial charge in [-0.05, 0) is 18.4 Å². The number of hydrogen-bond acceptors (Lipinski definition) is 6. The van der Waals surface area contributed by atoms with E-state index in [-0.39, 0.29) is 44.2 Å². The number of nitrogens with one attached hydrogen (secondary N) is 2. The Kier molecular flexibility index (Phi) is 10.1. The Hall–Kier alpha value is -2.45. The number of benzene rings is 1. The van der Waals surface area contributed by atoms with Crippen LogP contribution in [0.1, 0.15) is 32.8 Å². The Balaban J connectivity index is 2.13. The van der Waals surface area contributed by atoms with Crippen molar-refractivity contribution in [1.82, 2.24) is 10.6 Å². The number of esters is 1. The maximum absolute atomic E-state index is 11.9. The molecule has 1 rings (SSSR count). The van der Waals surface area contributed by atoms with E-state index in [9.17, 15) is 14.4 Å². The number of carbonyl (C=O) groups excluding carboxylic acids is 3. The highest BCUT2D eigenvalue weighted by molar-refractivity contribution is 5.89. The maximum atomic E-state index is 11.9. The second-order valence-corrected chi connectivity index (χ2v) is 6.49. The van der Waals surface area contributed by atoms with Crippen LogP contribution in [0.3, 0.4) is 0 Å². The van der Waals surface area contributed by atoms with Gasteiger partial charge in [-0.3, -0.25) is 14.4 Å². The number of carbonyl (C=O) groups is 3. The highest BCUT2D eigenvalue weighted by atomic mass is 16.5. The topological polar surface area (TPSA) is 120 Å². The van der Waals surface area contributed by atoms with Gasteiger partial charge in [0.15, 0.2) is 0 Å². The third-order valence-electron chi connectivity index (χ3n) is 3.81. The summed E-state index contributed by atoms with van der Waals surface area (Å²) in [6, 6.07) is 7.96. The molecule has 1 aromatic rings. The van der Waals surface area contributed by atoms with Crippen molar-refractivity contribution in [3.63, 3.8) is 0 Å². The van der Waals surface area contributed by atoms with E-state index in [0.717, 1.165) is 5.56 Å². The van der Waals surface area contributed by atoms with Crippen LogP contribution in [0.15, 0.2) is 30.3 Å². The maximum Gasteiger partial charge on any atom is 0.308 e. The van der Waals surface area contributed by atoms with Gasteiger partial charge in [0.2, 0.25) is 11.8 Å². The molecule has 0 aliphatic rings. The minimum atomic E-state index is -0.735. The van der Waals surface area contributed by atoms with Gasteiger partial charge >= 0.3 is 5.97 Å². The zero-order valence-corrected chi connectivity index (χ0v) is 16.1. The molecule has 0 aromatic heterocycles. The number of ether oxygens (including phenoxy) is 2. The summed E-state index contributed by atoms with van der Waals surface area (Å²) in [7, 11) is 0. The van der Waals surface area contributed by atoms with E-state index in [1.807, 2.05) is 44.2 Å². The first-order valence-electron chi connectivity index (χ1n) is 8.92. The average Bonchev–Trinajstić information content (AvgIpc) is 2.65. The molecule has 0 fully saturated rings. The first-order valence-corrected chi connectivity index (χ1v) is 8.92. The van der Waals surface area contributed by atoms with Gasteiger partial charge < -0.3 is 25.8 Å². The zero-order valence-electron chi connectivity index (χ0n) is 16.1. The van der Waals surface area contributed by atoms with Crippen molar-refractivity contribution in [2.24, 2.45) is 11.7 Å².